The number of esters is 1. The van der Waals surface area contributed by atoms with E-state index in [4.69, 9.17) is 9.47 Å². The van der Waals surface area contributed by atoms with Gasteiger partial charge in [-0.1, -0.05) is 6.07 Å². The van der Waals surface area contributed by atoms with Crippen molar-refractivity contribution in [3.63, 3.8) is 0 Å². The Morgan fingerprint density at radius 3 is 2.84 bits per heavy atom. The Morgan fingerprint density at radius 1 is 1.36 bits per heavy atom. The Kier molecular flexibility index (Phi) is 6.88. The van der Waals surface area contributed by atoms with E-state index < -0.39 is 5.82 Å². The molecule has 0 fully saturated rings. The van der Waals surface area contributed by atoms with Gasteiger partial charge >= 0.3 is 5.97 Å². The molecule has 134 valence electrons. The zero-order valence-electron chi connectivity index (χ0n) is 14.0. The molecule has 0 radical (unpaired) electrons. The first kappa shape index (κ1) is 18.9. The van der Waals surface area contributed by atoms with Crippen LogP contribution in [0.3, 0.4) is 0 Å². The fraction of sp³-hybridized carbons (Fsp3) is 0.353. The van der Waals surface area contributed by atoms with Gasteiger partial charge in [-0.15, -0.1) is 11.3 Å². The Morgan fingerprint density at radius 2 is 2.16 bits per heavy atom. The predicted molar refractivity (Wildman–Crippen MR) is 92.4 cm³/mol. The topological polar surface area (TPSA) is 77.5 Å². The Hall–Kier alpha value is -2.48. The van der Waals surface area contributed by atoms with Crippen molar-refractivity contribution in [2.45, 2.75) is 26.2 Å². The van der Waals surface area contributed by atoms with Gasteiger partial charge in [-0.25, -0.2) is 9.37 Å². The number of thiazole rings is 1. The fourth-order valence-electron chi connectivity index (χ4n) is 2.11. The predicted octanol–water partition coefficient (Wildman–Crippen LogP) is 2.97. The van der Waals surface area contributed by atoms with Crippen LogP contribution in [-0.4, -0.2) is 30.6 Å². The van der Waals surface area contributed by atoms with Crippen LogP contribution in [0.5, 0.6) is 5.75 Å². The molecule has 8 heteroatoms. The molecule has 0 aliphatic heterocycles. The Bertz CT molecular complexity index is 748. The van der Waals surface area contributed by atoms with Gasteiger partial charge in [-0.05, 0) is 31.0 Å². The summed E-state index contributed by atoms with van der Waals surface area (Å²) in [7, 11) is 1.40. The van der Waals surface area contributed by atoms with Gasteiger partial charge in [0, 0.05) is 11.8 Å². The molecule has 0 atom stereocenters. The maximum atomic E-state index is 13.6. The molecule has 6 nitrogen and oxygen atoms in total. The first-order chi connectivity index (χ1) is 12.0. The lowest BCUT2D eigenvalue weighted by Crippen LogP contribution is -2.12. The molecular weight excluding hydrogens is 347 g/mol. The molecule has 0 aliphatic rings. The summed E-state index contributed by atoms with van der Waals surface area (Å²) in [6.45, 7) is 2.05. The quantitative estimate of drug-likeness (QED) is 0.727. The van der Waals surface area contributed by atoms with E-state index in [0.29, 0.717) is 29.4 Å². The van der Waals surface area contributed by atoms with Gasteiger partial charge in [0.25, 0.3) is 0 Å². The van der Waals surface area contributed by atoms with E-state index in [2.05, 4.69) is 10.3 Å². The van der Waals surface area contributed by atoms with Crippen molar-refractivity contribution in [3.05, 3.63) is 40.7 Å². The molecule has 0 bridgehead atoms. The lowest BCUT2D eigenvalue weighted by atomic mass is 10.1. The highest BCUT2D eigenvalue weighted by Crippen LogP contribution is 2.19. The molecule has 0 saturated carbocycles. The summed E-state index contributed by atoms with van der Waals surface area (Å²) in [4.78, 5) is 27.5. The summed E-state index contributed by atoms with van der Waals surface area (Å²) in [6.07, 6.45) is 0.664. The smallest absolute Gasteiger partial charge is 0.311 e. The first-order valence-corrected chi connectivity index (χ1v) is 8.62. The van der Waals surface area contributed by atoms with E-state index in [1.165, 1.54) is 30.6 Å². The number of amides is 1. The molecule has 0 aliphatic carbocycles. The molecule has 1 amide bonds. The number of anilines is 1. The Balaban J connectivity index is 1.83. The normalized spacial score (nSPS) is 10.4. The van der Waals surface area contributed by atoms with Crippen LogP contribution in [-0.2, 0) is 27.2 Å². The Labute approximate surface area is 149 Å². The minimum atomic E-state index is -0.455. The summed E-state index contributed by atoms with van der Waals surface area (Å²) in [6, 6.07) is 4.61. The highest BCUT2D eigenvalue weighted by Gasteiger charge is 2.11. The van der Waals surface area contributed by atoms with E-state index in [1.54, 1.807) is 18.4 Å². The number of aryl methyl sites for hydroxylation is 1. The van der Waals surface area contributed by atoms with Crippen molar-refractivity contribution < 1.29 is 23.5 Å². The SMILES string of the molecule is CCOC(=O)Cc1csc(NC(=O)CCc2ccc(OC)c(F)c2)n1. The molecule has 1 heterocycles. The number of carbonyl (C=O) groups is 2. The van der Waals surface area contributed by atoms with Gasteiger partial charge in [0.1, 0.15) is 0 Å². The van der Waals surface area contributed by atoms with Crippen LogP contribution in [0.4, 0.5) is 9.52 Å². The second-order valence-electron chi connectivity index (χ2n) is 5.14. The number of rotatable bonds is 8. The highest BCUT2D eigenvalue weighted by atomic mass is 32.1. The number of hydrogen-bond acceptors (Lipinski definition) is 6. The lowest BCUT2D eigenvalue weighted by Gasteiger charge is -2.05. The van der Waals surface area contributed by atoms with Gasteiger partial charge < -0.3 is 14.8 Å². The standard InChI is InChI=1S/C17H19FN2O4S/c1-3-24-16(22)9-12-10-25-17(19-12)20-15(21)7-5-11-4-6-14(23-2)13(18)8-11/h4,6,8,10H,3,5,7,9H2,1-2H3,(H,19,20,21). The first-order valence-electron chi connectivity index (χ1n) is 7.74. The molecule has 2 rings (SSSR count). The van der Waals surface area contributed by atoms with Gasteiger partial charge in [0.2, 0.25) is 5.91 Å². The molecule has 2 aromatic rings. The van der Waals surface area contributed by atoms with Gasteiger partial charge in [-0.2, -0.15) is 0 Å². The maximum absolute atomic E-state index is 13.6. The molecular formula is C17H19FN2O4S. The number of aromatic nitrogens is 1. The fourth-order valence-corrected chi connectivity index (χ4v) is 2.84. The summed E-state index contributed by atoms with van der Waals surface area (Å²) in [5.41, 5.74) is 1.26. The summed E-state index contributed by atoms with van der Waals surface area (Å²) < 4.78 is 23.3. The number of halogens is 1. The van der Waals surface area contributed by atoms with Gasteiger partial charge in [0.15, 0.2) is 16.7 Å². The van der Waals surface area contributed by atoms with Crippen LogP contribution >= 0.6 is 11.3 Å². The van der Waals surface area contributed by atoms with Crippen molar-refractivity contribution in [1.82, 2.24) is 4.98 Å². The monoisotopic (exact) mass is 366 g/mol. The van der Waals surface area contributed by atoms with Crippen molar-refractivity contribution in [2.75, 3.05) is 19.0 Å². The molecule has 1 aromatic heterocycles. The number of hydrogen-bond donors (Lipinski definition) is 1. The second-order valence-corrected chi connectivity index (χ2v) is 6.00. The average molecular weight is 366 g/mol. The minimum absolute atomic E-state index is 0.0747. The summed E-state index contributed by atoms with van der Waals surface area (Å²) >= 11 is 1.24. The van der Waals surface area contributed by atoms with Crippen LogP contribution in [0, 0.1) is 5.82 Å². The third kappa shape index (κ3) is 5.82. The molecule has 1 N–H and O–H groups in total. The van der Waals surface area contributed by atoms with Gasteiger partial charge in [-0.3, -0.25) is 9.59 Å². The van der Waals surface area contributed by atoms with E-state index in [0.717, 1.165) is 0 Å². The van der Waals surface area contributed by atoms with Crippen molar-refractivity contribution in [1.29, 1.82) is 0 Å². The third-order valence-electron chi connectivity index (χ3n) is 3.29. The van der Waals surface area contributed by atoms with Crippen molar-refractivity contribution >= 4 is 28.3 Å². The van der Waals surface area contributed by atoms with Crippen LogP contribution < -0.4 is 10.1 Å². The average Bonchev–Trinajstić information content (AvgIpc) is 3.00. The zero-order valence-corrected chi connectivity index (χ0v) is 14.8. The van der Waals surface area contributed by atoms with E-state index >= 15 is 0 Å². The van der Waals surface area contributed by atoms with Crippen LogP contribution in [0.2, 0.25) is 0 Å². The number of nitrogens with one attached hydrogen (secondary N) is 1. The van der Waals surface area contributed by atoms with Crippen LogP contribution in [0.25, 0.3) is 0 Å². The molecule has 0 spiro atoms. The second kappa shape index (κ2) is 9.12. The van der Waals surface area contributed by atoms with Crippen molar-refractivity contribution in [3.8, 4) is 5.75 Å². The molecule has 25 heavy (non-hydrogen) atoms. The maximum Gasteiger partial charge on any atom is 0.311 e. The number of nitrogens with zero attached hydrogens (tertiary/aromatic N) is 1. The van der Waals surface area contributed by atoms with E-state index in [-0.39, 0.29) is 30.5 Å². The number of carbonyl (C=O) groups excluding carboxylic acids is 2. The van der Waals surface area contributed by atoms with Gasteiger partial charge in [0.05, 0.1) is 25.8 Å². The van der Waals surface area contributed by atoms with Crippen LogP contribution in [0.15, 0.2) is 23.6 Å². The third-order valence-corrected chi connectivity index (χ3v) is 4.09. The zero-order chi connectivity index (χ0) is 18.2. The molecule has 0 unspecified atom stereocenters. The van der Waals surface area contributed by atoms with Crippen LogP contribution in [0.1, 0.15) is 24.6 Å². The summed E-state index contributed by atoms with van der Waals surface area (Å²) in [5.74, 6) is -0.866. The number of methoxy groups -OCH3 is 1. The van der Waals surface area contributed by atoms with E-state index in [9.17, 15) is 14.0 Å². The number of benzene rings is 1. The van der Waals surface area contributed by atoms with E-state index in [1.807, 2.05) is 0 Å². The number of ether oxygens (including phenoxy) is 2. The largest absolute Gasteiger partial charge is 0.494 e. The molecule has 0 saturated heterocycles. The minimum Gasteiger partial charge on any atom is -0.494 e. The molecule has 1 aromatic carbocycles. The summed E-state index contributed by atoms with van der Waals surface area (Å²) in [5, 5.41) is 4.79. The highest BCUT2D eigenvalue weighted by molar-refractivity contribution is 7.13. The lowest BCUT2D eigenvalue weighted by molar-refractivity contribution is -0.142. The van der Waals surface area contributed by atoms with Crippen molar-refractivity contribution in [2.24, 2.45) is 0 Å².